The molecule has 0 aromatic carbocycles. The fourth-order valence-electron chi connectivity index (χ4n) is 0.459. The van der Waals surface area contributed by atoms with Gasteiger partial charge < -0.3 is 9.47 Å². The molecule has 0 saturated carbocycles. The maximum absolute atomic E-state index is 10.5. The van der Waals surface area contributed by atoms with Gasteiger partial charge in [-0.2, -0.15) is 0 Å². The van der Waals surface area contributed by atoms with Crippen LogP contribution in [0.25, 0.3) is 0 Å². The molecule has 0 aliphatic rings. The van der Waals surface area contributed by atoms with Crippen LogP contribution in [0.5, 0.6) is 0 Å². The number of carbonyl (C=O) groups is 1. The topological polar surface area (TPSA) is 35.5 Å². The average molecular weight is 265 g/mol. The third-order valence-corrected chi connectivity index (χ3v) is 0.980. The number of carbonyl (C=O) groups excluding carboxylic acids is 1. The summed E-state index contributed by atoms with van der Waals surface area (Å²) >= 11 is 0. The van der Waals surface area contributed by atoms with Gasteiger partial charge in [-0.15, -0.1) is 0 Å². The van der Waals surface area contributed by atoms with Gasteiger partial charge in [-0.1, -0.05) is 13.3 Å². The Morgan fingerprint density at radius 3 is 2.36 bits per heavy atom. The molecule has 0 aromatic rings. The first kappa shape index (κ1) is 13.6. The molecule has 0 aliphatic carbocycles. The Hall–Kier alpha value is 0.0687. The molecule has 4 radical (unpaired) electrons. The van der Waals surface area contributed by atoms with Crippen LogP contribution in [0.4, 0.5) is 4.79 Å². The SMILES string of the molecule is CCCCOC(=O)OCC.[Sn]. The van der Waals surface area contributed by atoms with Crippen molar-refractivity contribution in [3.63, 3.8) is 0 Å². The summed E-state index contributed by atoms with van der Waals surface area (Å²) in [5.74, 6) is 0. The van der Waals surface area contributed by atoms with Gasteiger partial charge in [0.15, 0.2) is 0 Å². The molecular formula is C7H14O3Sn. The van der Waals surface area contributed by atoms with Gasteiger partial charge in [0.1, 0.15) is 0 Å². The number of ether oxygens (including phenoxy) is 2. The van der Waals surface area contributed by atoms with Crippen LogP contribution in [0.1, 0.15) is 26.7 Å². The Bertz CT molecular complexity index is 95.7. The van der Waals surface area contributed by atoms with Crippen LogP contribution in [0, 0.1) is 0 Å². The second-order valence-corrected chi connectivity index (χ2v) is 1.89. The minimum absolute atomic E-state index is 0. The zero-order valence-corrected chi connectivity index (χ0v) is 9.91. The molecule has 0 aliphatic heterocycles. The van der Waals surface area contributed by atoms with Gasteiger partial charge in [-0.3, -0.25) is 0 Å². The fourth-order valence-corrected chi connectivity index (χ4v) is 0.459. The van der Waals surface area contributed by atoms with Crippen LogP contribution in [-0.4, -0.2) is 43.3 Å². The van der Waals surface area contributed by atoms with E-state index in [4.69, 9.17) is 0 Å². The van der Waals surface area contributed by atoms with Crippen molar-refractivity contribution in [3.8, 4) is 0 Å². The molecule has 0 heterocycles. The number of hydrogen-bond acceptors (Lipinski definition) is 3. The standard InChI is InChI=1S/C7H14O3.Sn/c1-3-5-6-10-7(8)9-4-2;/h3-6H2,1-2H3;. The Morgan fingerprint density at radius 1 is 1.27 bits per heavy atom. The fraction of sp³-hybridized carbons (Fsp3) is 0.857. The van der Waals surface area contributed by atoms with E-state index in [1.807, 2.05) is 6.92 Å². The molecule has 0 rings (SSSR count). The van der Waals surface area contributed by atoms with E-state index in [1.54, 1.807) is 6.92 Å². The largest absolute Gasteiger partial charge is 0.508 e. The normalized spacial score (nSPS) is 8.18. The van der Waals surface area contributed by atoms with Gasteiger partial charge in [-0.05, 0) is 13.3 Å². The number of rotatable bonds is 4. The van der Waals surface area contributed by atoms with E-state index in [0.717, 1.165) is 12.8 Å². The Balaban J connectivity index is 0. The molecule has 0 amide bonds. The Morgan fingerprint density at radius 2 is 1.91 bits per heavy atom. The van der Waals surface area contributed by atoms with E-state index in [-0.39, 0.29) is 23.9 Å². The molecule has 11 heavy (non-hydrogen) atoms. The summed E-state index contributed by atoms with van der Waals surface area (Å²) in [5, 5.41) is 0. The van der Waals surface area contributed by atoms with Crippen molar-refractivity contribution >= 4 is 30.1 Å². The van der Waals surface area contributed by atoms with Crippen LogP contribution in [-0.2, 0) is 9.47 Å². The summed E-state index contributed by atoms with van der Waals surface area (Å²) in [6.45, 7) is 4.63. The third kappa shape index (κ3) is 10.1. The minimum Gasteiger partial charge on any atom is -0.435 e. The zero-order valence-electron chi connectivity index (χ0n) is 7.05. The molecule has 3 nitrogen and oxygen atoms in total. The van der Waals surface area contributed by atoms with Gasteiger partial charge in [0.05, 0.1) is 13.2 Å². The molecule has 0 atom stereocenters. The summed E-state index contributed by atoms with van der Waals surface area (Å²) in [6, 6.07) is 0. The zero-order chi connectivity index (χ0) is 7.82. The first-order valence-corrected chi connectivity index (χ1v) is 3.60. The van der Waals surface area contributed by atoms with E-state index < -0.39 is 6.16 Å². The van der Waals surface area contributed by atoms with Crippen LogP contribution in [0.3, 0.4) is 0 Å². The molecule has 0 unspecified atom stereocenters. The molecule has 0 spiro atoms. The number of unbranched alkanes of at least 4 members (excludes halogenated alkanes) is 1. The van der Waals surface area contributed by atoms with Gasteiger partial charge in [0.2, 0.25) is 0 Å². The maximum atomic E-state index is 10.5. The van der Waals surface area contributed by atoms with Crippen LogP contribution in [0.15, 0.2) is 0 Å². The summed E-state index contributed by atoms with van der Waals surface area (Å²) in [6.07, 6.45) is 1.37. The van der Waals surface area contributed by atoms with E-state index in [2.05, 4.69) is 9.47 Å². The van der Waals surface area contributed by atoms with E-state index in [1.165, 1.54) is 0 Å². The molecule has 0 aromatic heterocycles. The third-order valence-electron chi connectivity index (χ3n) is 0.980. The quantitative estimate of drug-likeness (QED) is 0.439. The van der Waals surface area contributed by atoms with Crippen molar-refractivity contribution in [2.75, 3.05) is 13.2 Å². The van der Waals surface area contributed by atoms with Gasteiger partial charge in [-0.25, -0.2) is 4.79 Å². The van der Waals surface area contributed by atoms with E-state index >= 15 is 0 Å². The van der Waals surface area contributed by atoms with Crippen molar-refractivity contribution in [1.82, 2.24) is 0 Å². The average Bonchev–Trinajstić information content (AvgIpc) is 1.89. The second kappa shape index (κ2) is 10.1. The smallest absolute Gasteiger partial charge is 0.435 e. The molecule has 0 saturated heterocycles. The molecule has 0 bridgehead atoms. The van der Waals surface area contributed by atoms with Crippen LogP contribution >= 0.6 is 0 Å². The van der Waals surface area contributed by atoms with Crippen LogP contribution < -0.4 is 0 Å². The van der Waals surface area contributed by atoms with Crippen molar-refractivity contribution < 1.29 is 14.3 Å². The summed E-state index contributed by atoms with van der Waals surface area (Å²) in [4.78, 5) is 10.5. The summed E-state index contributed by atoms with van der Waals surface area (Å²) in [5.41, 5.74) is 0. The minimum atomic E-state index is -0.559. The van der Waals surface area contributed by atoms with Gasteiger partial charge in [0.25, 0.3) is 0 Å². The second-order valence-electron chi connectivity index (χ2n) is 1.89. The predicted molar refractivity (Wildman–Crippen MR) is 43.6 cm³/mol. The van der Waals surface area contributed by atoms with Crippen molar-refractivity contribution in [2.24, 2.45) is 0 Å². The van der Waals surface area contributed by atoms with Gasteiger partial charge >= 0.3 is 6.16 Å². The Labute approximate surface area is 84.4 Å². The Kier molecular flexibility index (Phi) is 12.5. The first-order valence-electron chi connectivity index (χ1n) is 3.60. The summed E-state index contributed by atoms with van der Waals surface area (Å²) in [7, 11) is 0. The molecule has 4 heteroatoms. The molecule has 0 N–H and O–H groups in total. The monoisotopic (exact) mass is 266 g/mol. The molecule has 64 valence electrons. The first-order chi connectivity index (χ1) is 4.81. The molecular weight excluding hydrogens is 251 g/mol. The van der Waals surface area contributed by atoms with Gasteiger partial charge in [0, 0.05) is 23.9 Å². The predicted octanol–water partition coefficient (Wildman–Crippen LogP) is 1.58. The van der Waals surface area contributed by atoms with Crippen molar-refractivity contribution in [2.45, 2.75) is 26.7 Å². The number of hydrogen-bond donors (Lipinski definition) is 0. The van der Waals surface area contributed by atoms with E-state index in [9.17, 15) is 4.79 Å². The summed E-state index contributed by atoms with van der Waals surface area (Å²) < 4.78 is 9.19. The molecule has 0 fully saturated rings. The van der Waals surface area contributed by atoms with Crippen LogP contribution in [0.2, 0.25) is 0 Å². The van der Waals surface area contributed by atoms with E-state index in [0.29, 0.717) is 13.2 Å². The maximum Gasteiger partial charge on any atom is 0.508 e. The van der Waals surface area contributed by atoms with Crippen molar-refractivity contribution in [3.05, 3.63) is 0 Å². The van der Waals surface area contributed by atoms with Crippen molar-refractivity contribution in [1.29, 1.82) is 0 Å².